The van der Waals surface area contributed by atoms with Crippen molar-refractivity contribution in [2.45, 2.75) is 32.0 Å². The van der Waals surface area contributed by atoms with Crippen LogP contribution in [0.3, 0.4) is 0 Å². The smallest absolute Gasteiger partial charge is 0.311 e. The molecule has 1 fully saturated rings. The minimum absolute atomic E-state index is 0.00713. The molecule has 0 aromatic carbocycles. The molecule has 5 heteroatoms. The van der Waals surface area contributed by atoms with Gasteiger partial charge in [0.05, 0.1) is 18.2 Å². The third-order valence-corrected chi connectivity index (χ3v) is 2.92. The van der Waals surface area contributed by atoms with Gasteiger partial charge in [0.25, 0.3) is 0 Å². The molecule has 2 rings (SSSR count). The zero-order valence-electron chi connectivity index (χ0n) is 9.30. The van der Waals surface area contributed by atoms with Gasteiger partial charge in [-0.15, -0.1) is 0 Å². The highest BCUT2D eigenvalue weighted by molar-refractivity contribution is 5.73. The molecule has 2 atom stereocenters. The molecule has 1 aromatic rings. The molecular formula is C12H14FNO3. The third kappa shape index (κ3) is 3.00. The lowest BCUT2D eigenvalue weighted by molar-refractivity contribution is -0.152. The Kier molecular flexibility index (Phi) is 3.68. The van der Waals surface area contributed by atoms with Crippen LogP contribution in [-0.4, -0.2) is 22.2 Å². The van der Waals surface area contributed by atoms with Crippen LogP contribution in [0.15, 0.2) is 18.5 Å². The molecule has 0 amide bonds. The number of hydrogen-bond donors (Lipinski definition) is 1. The van der Waals surface area contributed by atoms with E-state index in [1.165, 1.54) is 12.3 Å². The second kappa shape index (κ2) is 5.23. The normalized spacial score (nSPS) is 23.6. The summed E-state index contributed by atoms with van der Waals surface area (Å²) in [5, 5.41) is 9.53. The van der Waals surface area contributed by atoms with Gasteiger partial charge in [-0.2, -0.15) is 0 Å². The van der Waals surface area contributed by atoms with Crippen molar-refractivity contribution < 1.29 is 19.0 Å². The number of aromatic nitrogens is 1. The second-order valence-electron chi connectivity index (χ2n) is 4.22. The maximum atomic E-state index is 12.8. The molecule has 4 nitrogen and oxygen atoms in total. The third-order valence-electron chi connectivity index (χ3n) is 2.92. The Bertz CT molecular complexity index is 410. The van der Waals surface area contributed by atoms with Gasteiger partial charge >= 0.3 is 5.97 Å². The summed E-state index contributed by atoms with van der Waals surface area (Å²) >= 11 is 0. The van der Waals surface area contributed by atoms with E-state index in [1.807, 2.05) is 0 Å². The highest BCUT2D eigenvalue weighted by atomic mass is 19.1. The van der Waals surface area contributed by atoms with Crippen molar-refractivity contribution in [3.63, 3.8) is 0 Å². The van der Waals surface area contributed by atoms with Crippen LogP contribution in [0.25, 0.3) is 0 Å². The first-order valence-electron chi connectivity index (χ1n) is 5.61. The number of halogens is 1. The molecule has 1 saturated carbocycles. The van der Waals surface area contributed by atoms with Crippen molar-refractivity contribution in [2.24, 2.45) is 5.92 Å². The number of ether oxygens (including phenoxy) is 1. The van der Waals surface area contributed by atoms with Gasteiger partial charge in [-0.25, -0.2) is 4.39 Å². The number of nitrogens with zero attached hydrogens (tertiary/aromatic N) is 1. The second-order valence-corrected chi connectivity index (χ2v) is 4.22. The van der Waals surface area contributed by atoms with Crippen LogP contribution in [0.4, 0.5) is 4.39 Å². The quantitative estimate of drug-likeness (QED) is 0.810. The van der Waals surface area contributed by atoms with Crippen LogP contribution >= 0.6 is 0 Å². The number of rotatable bonds is 3. The number of hydrogen-bond acceptors (Lipinski definition) is 4. The summed E-state index contributed by atoms with van der Waals surface area (Å²) in [7, 11) is 0. The summed E-state index contributed by atoms with van der Waals surface area (Å²) in [5.74, 6) is -1.31. The first-order valence-corrected chi connectivity index (χ1v) is 5.61. The Morgan fingerprint density at radius 3 is 3.00 bits per heavy atom. The maximum Gasteiger partial charge on any atom is 0.311 e. The summed E-state index contributed by atoms with van der Waals surface area (Å²) in [6.07, 6.45) is 4.06. The van der Waals surface area contributed by atoms with E-state index < -0.39 is 23.8 Å². The molecule has 1 aliphatic carbocycles. The number of carbonyl (C=O) groups excluding carboxylic acids is 1. The topological polar surface area (TPSA) is 59.4 Å². The van der Waals surface area contributed by atoms with Crippen molar-refractivity contribution in [1.82, 2.24) is 4.98 Å². The minimum atomic E-state index is -0.604. The van der Waals surface area contributed by atoms with Crippen molar-refractivity contribution in [3.8, 4) is 0 Å². The van der Waals surface area contributed by atoms with Crippen LogP contribution in [0.5, 0.6) is 0 Å². The van der Waals surface area contributed by atoms with E-state index >= 15 is 0 Å². The van der Waals surface area contributed by atoms with Crippen LogP contribution in [0.2, 0.25) is 0 Å². The van der Waals surface area contributed by atoms with Gasteiger partial charge < -0.3 is 9.84 Å². The Hall–Kier alpha value is -1.49. The van der Waals surface area contributed by atoms with E-state index in [9.17, 15) is 14.3 Å². The lowest BCUT2D eigenvalue weighted by Crippen LogP contribution is -2.24. The lowest BCUT2D eigenvalue weighted by Gasteiger charge is -2.13. The van der Waals surface area contributed by atoms with Crippen molar-refractivity contribution in [3.05, 3.63) is 29.8 Å². The largest absolute Gasteiger partial charge is 0.460 e. The van der Waals surface area contributed by atoms with Crippen LogP contribution in [0.1, 0.15) is 24.8 Å². The Morgan fingerprint density at radius 1 is 1.53 bits per heavy atom. The highest BCUT2D eigenvalue weighted by Gasteiger charge is 2.32. The summed E-state index contributed by atoms with van der Waals surface area (Å²) in [4.78, 5) is 15.3. The molecule has 92 valence electrons. The number of aliphatic hydroxyl groups is 1. The minimum Gasteiger partial charge on any atom is -0.460 e. The van der Waals surface area contributed by atoms with Gasteiger partial charge in [0, 0.05) is 11.8 Å². The Labute approximate surface area is 98.4 Å². The molecule has 0 radical (unpaired) electrons. The van der Waals surface area contributed by atoms with E-state index in [-0.39, 0.29) is 6.61 Å². The average Bonchev–Trinajstić information content (AvgIpc) is 2.72. The molecule has 2 unspecified atom stereocenters. The summed E-state index contributed by atoms with van der Waals surface area (Å²) in [6.45, 7) is -0.00713. The van der Waals surface area contributed by atoms with E-state index in [4.69, 9.17) is 4.74 Å². The molecular weight excluding hydrogens is 225 g/mol. The summed E-state index contributed by atoms with van der Waals surface area (Å²) < 4.78 is 17.8. The predicted octanol–water partition coefficient (Wildman–Crippen LogP) is 1.42. The molecule has 1 aliphatic rings. The van der Waals surface area contributed by atoms with Gasteiger partial charge in [0.15, 0.2) is 0 Å². The zero-order chi connectivity index (χ0) is 12.3. The molecule has 0 aliphatic heterocycles. The Balaban J connectivity index is 1.88. The zero-order valence-corrected chi connectivity index (χ0v) is 9.30. The monoisotopic (exact) mass is 239 g/mol. The standard InChI is InChI=1S/C12H14FNO3/c13-9-4-8(5-14-6-9)7-17-12(16)10-2-1-3-11(10)15/h4-6,10-11,15H,1-3,7H2. The molecule has 1 aromatic heterocycles. The summed E-state index contributed by atoms with van der Waals surface area (Å²) in [5.41, 5.74) is 0.505. The molecule has 0 saturated heterocycles. The first-order chi connectivity index (χ1) is 8.16. The van der Waals surface area contributed by atoms with Gasteiger partial charge in [0.2, 0.25) is 0 Å². The molecule has 0 spiro atoms. The maximum absolute atomic E-state index is 12.8. The van der Waals surface area contributed by atoms with Crippen LogP contribution in [-0.2, 0) is 16.1 Å². The van der Waals surface area contributed by atoms with E-state index in [2.05, 4.69) is 4.98 Å². The fourth-order valence-corrected chi connectivity index (χ4v) is 2.01. The van der Waals surface area contributed by atoms with E-state index in [0.29, 0.717) is 18.4 Å². The van der Waals surface area contributed by atoms with Gasteiger partial charge in [0.1, 0.15) is 12.4 Å². The van der Waals surface area contributed by atoms with Crippen molar-refractivity contribution in [1.29, 1.82) is 0 Å². The van der Waals surface area contributed by atoms with Gasteiger partial charge in [-0.1, -0.05) is 0 Å². The first kappa shape index (κ1) is 12.0. The molecule has 0 bridgehead atoms. The predicted molar refractivity (Wildman–Crippen MR) is 57.3 cm³/mol. The summed E-state index contributed by atoms with van der Waals surface area (Å²) in [6, 6.07) is 1.27. The van der Waals surface area contributed by atoms with E-state index in [1.54, 1.807) is 0 Å². The average molecular weight is 239 g/mol. The van der Waals surface area contributed by atoms with Gasteiger partial charge in [-0.3, -0.25) is 9.78 Å². The number of esters is 1. The molecule has 17 heavy (non-hydrogen) atoms. The lowest BCUT2D eigenvalue weighted by atomic mass is 10.1. The molecule has 1 N–H and O–H groups in total. The Morgan fingerprint density at radius 2 is 2.35 bits per heavy atom. The highest BCUT2D eigenvalue weighted by Crippen LogP contribution is 2.26. The molecule has 1 heterocycles. The van der Waals surface area contributed by atoms with Crippen molar-refractivity contribution >= 4 is 5.97 Å². The fourth-order valence-electron chi connectivity index (χ4n) is 2.01. The van der Waals surface area contributed by atoms with Crippen LogP contribution < -0.4 is 0 Å². The fraction of sp³-hybridized carbons (Fsp3) is 0.500. The number of carbonyl (C=O) groups is 1. The number of pyridine rings is 1. The SMILES string of the molecule is O=C(OCc1cncc(F)c1)C1CCCC1O. The van der Waals surface area contributed by atoms with Crippen LogP contribution in [0, 0.1) is 11.7 Å². The van der Waals surface area contributed by atoms with Crippen molar-refractivity contribution in [2.75, 3.05) is 0 Å². The van der Waals surface area contributed by atoms with E-state index in [0.717, 1.165) is 12.6 Å². The van der Waals surface area contributed by atoms with Gasteiger partial charge in [-0.05, 0) is 25.3 Å². The number of aliphatic hydroxyl groups excluding tert-OH is 1.